The van der Waals surface area contributed by atoms with Crippen LogP contribution in [0.4, 0.5) is 0 Å². The van der Waals surface area contributed by atoms with Crippen molar-refractivity contribution in [3.63, 3.8) is 0 Å². The lowest BCUT2D eigenvalue weighted by Gasteiger charge is -1.96. The first-order chi connectivity index (χ1) is 7.31. The zero-order valence-electron chi connectivity index (χ0n) is 7.98. The van der Waals surface area contributed by atoms with Crippen molar-refractivity contribution in [1.82, 2.24) is 4.98 Å². The molecular weight excluding hydrogens is 273 g/mol. The van der Waals surface area contributed by atoms with E-state index in [0.29, 0.717) is 5.02 Å². The second kappa shape index (κ2) is 4.74. The van der Waals surface area contributed by atoms with Crippen molar-refractivity contribution in [2.75, 3.05) is 5.33 Å². The lowest BCUT2D eigenvalue weighted by atomic mass is 10.1. The van der Waals surface area contributed by atoms with Gasteiger partial charge in [-0.2, -0.15) is 0 Å². The van der Waals surface area contributed by atoms with Crippen LogP contribution in [0.15, 0.2) is 24.4 Å². The molecule has 76 valence electrons. The van der Waals surface area contributed by atoms with Crippen LogP contribution in [-0.2, 0) is 0 Å². The molecule has 0 amide bonds. The van der Waals surface area contributed by atoms with Crippen LogP contribution in [0.3, 0.4) is 0 Å². The Morgan fingerprint density at radius 1 is 1.40 bits per heavy atom. The van der Waals surface area contributed by atoms with Gasteiger partial charge in [0, 0.05) is 34.4 Å². The quantitative estimate of drug-likeness (QED) is 0.602. The van der Waals surface area contributed by atoms with Gasteiger partial charge in [-0.25, -0.2) is 0 Å². The topological polar surface area (TPSA) is 15.8 Å². The van der Waals surface area contributed by atoms with Crippen LogP contribution in [-0.4, -0.2) is 10.3 Å². The highest BCUT2D eigenvalue weighted by atomic mass is 79.9. The molecule has 3 heteroatoms. The summed E-state index contributed by atoms with van der Waals surface area (Å²) in [6, 6.07) is 5.94. The minimum absolute atomic E-state index is 0.701. The molecule has 15 heavy (non-hydrogen) atoms. The van der Waals surface area contributed by atoms with E-state index in [4.69, 9.17) is 11.6 Å². The molecule has 0 aliphatic rings. The fourth-order valence-corrected chi connectivity index (χ4v) is 1.78. The van der Waals surface area contributed by atoms with E-state index >= 15 is 0 Å². The van der Waals surface area contributed by atoms with Gasteiger partial charge in [-0.3, -0.25) is 0 Å². The maximum atomic E-state index is 6.10. The van der Waals surface area contributed by atoms with E-state index in [1.807, 2.05) is 24.4 Å². The number of aromatic nitrogens is 1. The van der Waals surface area contributed by atoms with Gasteiger partial charge in [0.25, 0.3) is 0 Å². The van der Waals surface area contributed by atoms with Crippen LogP contribution in [0.5, 0.6) is 0 Å². The number of hydrogen-bond donors (Lipinski definition) is 1. The number of aromatic amines is 1. The van der Waals surface area contributed by atoms with Crippen LogP contribution in [0.1, 0.15) is 12.0 Å². The van der Waals surface area contributed by atoms with Gasteiger partial charge in [0.15, 0.2) is 0 Å². The summed E-state index contributed by atoms with van der Waals surface area (Å²) in [6.45, 7) is 0. The third-order valence-electron chi connectivity index (χ3n) is 2.08. The van der Waals surface area contributed by atoms with Crippen LogP contribution < -0.4 is 0 Å². The van der Waals surface area contributed by atoms with Gasteiger partial charge >= 0.3 is 0 Å². The molecule has 0 unspecified atom stereocenters. The average Bonchev–Trinajstić information content (AvgIpc) is 2.65. The molecule has 0 bridgehead atoms. The molecular formula is C12H9BrClN. The van der Waals surface area contributed by atoms with E-state index in [2.05, 4.69) is 32.8 Å². The van der Waals surface area contributed by atoms with E-state index in [1.54, 1.807) is 0 Å². The van der Waals surface area contributed by atoms with Crippen LogP contribution in [0.2, 0.25) is 5.02 Å². The van der Waals surface area contributed by atoms with Crippen molar-refractivity contribution in [2.24, 2.45) is 0 Å². The second-order valence-electron chi connectivity index (χ2n) is 3.14. The number of halogens is 2. The Morgan fingerprint density at radius 2 is 2.27 bits per heavy atom. The van der Waals surface area contributed by atoms with Gasteiger partial charge in [-0.05, 0) is 18.2 Å². The van der Waals surface area contributed by atoms with Gasteiger partial charge in [-0.15, -0.1) is 0 Å². The van der Waals surface area contributed by atoms with E-state index in [1.165, 1.54) is 0 Å². The lowest BCUT2D eigenvalue weighted by molar-refractivity contribution is 1.32. The lowest BCUT2D eigenvalue weighted by Crippen LogP contribution is -1.78. The monoisotopic (exact) mass is 281 g/mol. The summed E-state index contributed by atoms with van der Waals surface area (Å²) in [7, 11) is 0. The fraction of sp³-hybridized carbons (Fsp3) is 0.167. The zero-order chi connectivity index (χ0) is 10.7. The Morgan fingerprint density at radius 3 is 3.07 bits per heavy atom. The molecule has 1 nitrogen and oxygen atoms in total. The third-order valence-corrected chi connectivity index (χ3v) is 2.79. The minimum atomic E-state index is 0.701. The number of nitrogens with one attached hydrogen (secondary N) is 1. The molecule has 2 aromatic rings. The normalized spacial score (nSPS) is 10.0. The SMILES string of the molecule is Clc1cc2[nH]ccc2cc1C#CCCBr. The molecule has 2 rings (SSSR count). The van der Waals surface area contributed by atoms with Crippen LogP contribution in [0, 0.1) is 11.8 Å². The smallest absolute Gasteiger partial charge is 0.0583 e. The molecule has 0 spiro atoms. The van der Waals surface area contributed by atoms with Gasteiger partial charge in [-0.1, -0.05) is 39.4 Å². The number of fused-ring (bicyclic) bond motifs is 1. The van der Waals surface area contributed by atoms with E-state index in [9.17, 15) is 0 Å². The molecule has 0 radical (unpaired) electrons. The largest absolute Gasteiger partial charge is 0.361 e. The van der Waals surface area contributed by atoms with Crippen molar-refractivity contribution in [2.45, 2.75) is 6.42 Å². The van der Waals surface area contributed by atoms with Gasteiger partial charge in [0.05, 0.1) is 5.02 Å². The zero-order valence-corrected chi connectivity index (χ0v) is 10.3. The predicted octanol–water partition coefficient (Wildman–Crippen LogP) is 3.96. The highest BCUT2D eigenvalue weighted by Crippen LogP contribution is 2.22. The van der Waals surface area contributed by atoms with Gasteiger partial charge in [0.1, 0.15) is 0 Å². The highest BCUT2D eigenvalue weighted by molar-refractivity contribution is 9.09. The summed E-state index contributed by atoms with van der Waals surface area (Å²) in [4.78, 5) is 3.11. The molecule has 0 aliphatic heterocycles. The van der Waals surface area contributed by atoms with Gasteiger partial charge in [0.2, 0.25) is 0 Å². The first-order valence-corrected chi connectivity index (χ1v) is 6.12. The van der Waals surface area contributed by atoms with Crippen molar-refractivity contribution in [3.05, 3.63) is 35.0 Å². The molecule has 0 saturated heterocycles. The van der Waals surface area contributed by atoms with Crippen molar-refractivity contribution < 1.29 is 0 Å². The second-order valence-corrected chi connectivity index (χ2v) is 4.34. The average molecular weight is 283 g/mol. The molecule has 0 atom stereocenters. The third kappa shape index (κ3) is 2.37. The molecule has 1 heterocycles. The highest BCUT2D eigenvalue weighted by Gasteiger charge is 2.00. The van der Waals surface area contributed by atoms with E-state index in [0.717, 1.165) is 28.2 Å². The summed E-state index contributed by atoms with van der Waals surface area (Å²) in [5.74, 6) is 6.13. The first kappa shape index (κ1) is 10.6. The van der Waals surface area contributed by atoms with Crippen LogP contribution >= 0.6 is 27.5 Å². The number of alkyl halides is 1. The molecule has 0 saturated carbocycles. The first-order valence-electron chi connectivity index (χ1n) is 4.63. The Labute approximate surface area is 102 Å². The predicted molar refractivity (Wildman–Crippen MR) is 68.6 cm³/mol. The molecule has 1 N–H and O–H groups in total. The molecule has 1 aromatic heterocycles. The maximum absolute atomic E-state index is 6.10. The molecule has 0 aliphatic carbocycles. The van der Waals surface area contributed by atoms with Gasteiger partial charge < -0.3 is 4.98 Å². The van der Waals surface area contributed by atoms with Crippen molar-refractivity contribution in [1.29, 1.82) is 0 Å². The van der Waals surface area contributed by atoms with Crippen molar-refractivity contribution in [3.8, 4) is 11.8 Å². The Kier molecular flexibility index (Phi) is 3.35. The fourth-order valence-electron chi connectivity index (χ4n) is 1.37. The number of hydrogen-bond acceptors (Lipinski definition) is 0. The molecule has 0 fully saturated rings. The van der Waals surface area contributed by atoms with E-state index in [-0.39, 0.29) is 0 Å². The number of benzene rings is 1. The minimum Gasteiger partial charge on any atom is -0.361 e. The summed E-state index contributed by atoms with van der Waals surface area (Å²) in [5.41, 5.74) is 1.94. The number of rotatable bonds is 1. The standard InChI is InChI=1S/C12H9BrClN/c13-5-2-1-3-9-7-10-4-6-15-12(10)8-11(9)14/h4,6-8,15H,2,5H2. The Bertz CT molecular complexity index is 533. The molecule has 1 aromatic carbocycles. The van der Waals surface area contributed by atoms with Crippen LogP contribution in [0.25, 0.3) is 10.9 Å². The summed E-state index contributed by atoms with van der Waals surface area (Å²) in [5, 5.41) is 2.74. The Hall–Kier alpha value is -0.910. The maximum Gasteiger partial charge on any atom is 0.0583 e. The van der Waals surface area contributed by atoms with Crippen molar-refractivity contribution >= 4 is 38.4 Å². The summed E-state index contributed by atoms with van der Waals surface area (Å²) in [6.07, 6.45) is 2.73. The summed E-state index contributed by atoms with van der Waals surface area (Å²) >= 11 is 9.44. The summed E-state index contributed by atoms with van der Waals surface area (Å²) < 4.78 is 0. The Balaban J connectivity index is 2.43. The number of H-pyrrole nitrogens is 1. The van der Waals surface area contributed by atoms with E-state index < -0.39 is 0 Å².